The van der Waals surface area contributed by atoms with Gasteiger partial charge in [0.15, 0.2) is 0 Å². The summed E-state index contributed by atoms with van der Waals surface area (Å²) in [5.74, 6) is 0.0700. The molecule has 4 nitrogen and oxygen atoms in total. The SMILES string of the molecule is FC(F)(F)c1ccc(C2CNC(COc3cc(C(F)(F)F)c4nc[nH]c4c3)C2)cc1. The third kappa shape index (κ3) is 4.23. The normalized spacial score (nSPS) is 20.1. The first-order valence-corrected chi connectivity index (χ1v) is 9.19. The van der Waals surface area contributed by atoms with Gasteiger partial charge in [0, 0.05) is 18.7 Å². The summed E-state index contributed by atoms with van der Waals surface area (Å²) in [6.45, 7) is 0.681. The predicted molar refractivity (Wildman–Crippen MR) is 97.2 cm³/mol. The van der Waals surface area contributed by atoms with Gasteiger partial charge in [0.25, 0.3) is 0 Å². The minimum atomic E-state index is -4.56. The standard InChI is InChI=1S/C20H17F6N3O/c21-19(22,23)13-3-1-11(2-4-13)12-5-14(27-8-12)9-30-15-6-16(20(24,25)26)18-17(7-15)28-10-29-18/h1-4,6-7,10,12,14,27H,5,8-9H2,(H,28,29). The van der Waals surface area contributed by atoms with Crippen molar-refractivity contribution in [3.63, 3.8) is 0 Å². The Morgan fingerprint density at radius 1 is 1.00 bits per heavy atom. The lowest BCUT2D eigenvalue weighted by Crippen LogP contribution is -2.28. The third-order valence-electron chi connectivity index (χ3n) is 5.19. The van der Waals surface area contributed by atoms with E-state index >= 15 is 0 Å². The molecule has 2 unspecified atom stereocenters. The van der Waals surface area contributed by atoms with Gasteiger partial charge < -0.3 is 15.0 Å². The number of aromatic amines is 1. The Balaban J connectivity index is 1.41. The Hall–Kier alpha value is -2.75. The minimum Gasteiger partial charge on any atom is -0.492 e. The van der Waals surface area contributed by atoms with E-state index in [-0.39, 0.29) is 35.3 Å². The zero-order valence-corrected chi connectivity index (χ0v) is 15.4. The molecule has 1 aliphatic heterocycles. The smallest absolute Gasteiger partial charge is 0.418 e. The number of alkyl halides is 6. The van der Waals surface area contributed by atoms with Gasteiger partial charge in [0.2, 0.25) is 0 Å². The van der Waals surface area contributed by atoms with Crippen LogP contribution in [0, 0.1) is 0 Å². The average Bonchev–Trinajstić information content (AvgIpc) is 3.33. The van der Waals surface area contributed by atoms with Crippen molar-refractivity contribution < 1.29 is 31.1 Å². The van der Waals surface area contributed by atoms with Crippen LogP contribution in [0.4, 0.5) is 26.3 Å². The second-order valence-corrected chi connectivity index (χ2v) is 7.24. The molecule has 2 aromatic carbocycles. The van der Waals surface area contributed by atoms with Crippen LogP contribution in [0.3, 0.4) is 0 Å². The summed E-state index contributed by atoms with van der Waals surface area (Å²) < 4.78 is 83.5. The van der Waals surface area contributed by atoms with Crippen LogP contribution in [0.1, 0.15) is 29.0 Å². The zero-order chi connectivity index (χ0) is 21.5. The molecule has 0 saturated carbocycles. The Bertz CT molecular complexity index is 1030. The lowest BCUT2D eigenvalue weighted by atomic mass is 9.95. The summed E-state index contributed by atoms with van der Waals surface area (Å²) >= 11 is 0. The van der Waals surface area contributed by atoms with E-state index < -0.39 is 23.5 Å². The molecule has 1 aliphatic rings. The quantitative estimate of drug-likeness (QED) is 0.566. The van der Waals surface area contributed by atoms with E-state index in [9.17, 15) is 26.3 Å². The number of hydrogen-bond acceptors (Lipinski definition) is 3. The molecule has 4 rings (SSSR count). The second-order valence-electron chi connectivity index (χ2n) is 7.24. The second kappa shape index (κ2) is 7.50. The number of rotatable bonds is 4. The Morgan fingerprint density at radius 2 is 1.73 bits per heavy atom. The number of imidazole rings is 1. The van der Waals surface area contributed by atoms with Crippen LogP contribution < -0.4 is 10.1 Å². The summed E-state index contributed by atoms with van der Waals surface area (Å²) in [7, 11) is 0. The van der Waals surface area contributed by atoms with E-state index in [1.165, 1.54) is 24.5 Å². The Morgan fingerprint density at radius 3 is 2.40 bits per heavy atom. The molecule has 0 amide bonds. The van der Waals surface area contributed by atoms with E-state index in [0.717, 1.165) is 23.8 Å². The van der Waals surface area contributed by atoms with Gasteiger partial charge in [0.05, 0.1) is 23.0 Å². The molecule has 2 N–H and O–H groups in total. The van der Waals surface area contributed by atoms with Gasteiger partial charge in [0.1, 0.15) is 17.9 Å². The first-order chi connectivity index (χ1) is 14.1. The van der Waals surface area contributed by atoms with Crippen LogP contribution in [0.5, 0.6) is 5.75 Å². The largest absolute Gasteiger partial charge is 0.492 e. The lowest BCUT2D eigenvalue weighted by molar-refractivity contribution is -0.138. The van der Waals surface area contributed by atoms with Crippen molar-refractivity contribution in [2.75, 3.05) is 13.2 Å². The van der Waals surface area contributed by atoms with Gasteiger partial charge in [-0.15, -0.1) is 0 Å². The fourth-order valence-corrected chi connectivity index (χ4v) is 3.66. The van der Waals surface area contributed by atoms with Crippen LogP contribution in [-0.2, 0) is 12.4 Å². The van der Waals surface area contributed by atoms with Crippen molar-refractivity contribution in [3.8, 4) is 5.75 Å². The highest BCUT2D eigenvalue weighted by atomic mass is 19.4. The molecule has 3 aromatic rings. The van der Waals surface area contributed by atoms with E-state index in [1.54, 1.807) is 0 Å². The van der Waals surface area contributed by atoms with Crippen molar-refractivity contribution >= 4 is 11.0 Å². The van der Waals surface area contributed by atoms with Crippen LogP contribution in [0.15, 0.2) is 42.7 Å². The van der Waals surface area contributed by atoms with Crippen molar-refractivity contribution in [2.24, 2.45) is 0 Å². The molecule has 1 fully saturated rings. The van der Waals surface area contributed by atoms with Gasteiger partial charge in [-0.3, -0.25) is 0 Å². The van der Waals surface area contributed by atoms with Crippen LogP contribution in [0.2, 0.25) is 0 Å². The number of fused-ring (bicyclic) bond motifs is 1. The molecule has 0 aliphatic carbocycles. The molecule has 2 heterocycles. The summed E-state index contributed by atoms with van der Waals surface area (Å²) in [4.78, 5) is 6.37. The van der Waals surface area contributed by atoms with Crippen molar-refractivity contribution in [1.82, 2.24) is 15.3 Å². The van der Waals surface area contributed by atoms with Gasteiger partial charge >= 0.3 is 12.4 Å². The molecule has 160 valence electrons. The summed E-state index contributed by atoms with van der Waals surface area (Å²) in [6, 6.07) is 7.27. The fraction of sp³-hybridized carbons (Fsp3) is 0.350. The first-order valence-electron chi connectivity index (χ1n) is 9.19. The summed E-state index contributed by atoms with van der Waals surface area (Å²) in [5, 5.41) is 3.21. The van der Waals surface area contributed by atoms with E-state index in [0.29, 0.717) is 13.0 Å². The van der Waals surface area contributed by atoms with Gasteiger partial charge in [-0.25, -0.2) is 4.98 Å². The maximum absolute atomic E-state index is 13.3. The molecule has 30 heavy (non-hydrogen) atoms. The lowest BCUT2D eigenvalue weighted by Gasteiger charge is -2.15. The van der Waals surface area contributed by atoms with Gasteiger partial charge in [-0.05, 0) is 36.1 Å². The van der Waals surface area contributed by atoms with Crippen molar-refractivity contribution in [3.05, 3.63) is 59.4 Å². The monoisotopic (exact) mass is 429 g/mol. The molecule has 1 aromatic heterocycles. The van der Waals surface area contributed by atoms with E-state index in [2.05, 4.69) is 15.3 Å². The molecular formula is C20H17F6N3O. The number of hydrogen-bond donors (Lipinski definition) is 2. The van der Waals surface area contributed by atoms with Gasteiger partial charge in [-0.1, -0.05) is 12.1 Å². The topological polar surface area (TPSA) is 49.9 Å². The number of aromatic nitrogens is 2. The van der Waals surface area contributed by atoms with Crippen molar-refractivity contribution in [2.45, 2.75) is 30.7 Å². The maximum Gasteiger partial charge on any atom is 0.418 e. The van der Waals surface area contributed by atoms with Crippen LogP contribution >= 0.6 is 0 Å². The number of nitrogens with zero attached hydrogens (tertiary/aromatic N) is 1. The third-order valence-corrected chi connectivity index (χ3v) is 5.19. The number of ether oxygens (including phenoxy) is 1. The molecular weight excluding hydrogens is 412 g/mol. The molecule has 1 saturated heterocycles. The van der Waals surface area contributed by atoms with E-state index in [4.69, 9.17) is 4.74 Å². The number of benzene rings is 2. The molecule has 0 spiro atoms. The summed E-state index contributed by atoms with van der Waals surface area (Å²) in [6.07, 6.45) is -7.15. The van der Waals surface area contributed by atoms with Crippen LogP contribution in [0.25, 0.3) is 11.0 Å². The van der Waals surface area contributed by atoms with Gasteiger partial charge in [-0.2, -0.15) is 26.3 Å². The highest BCUT2D eigenvalue weighted by Crippen LogP contribution is 2.37. The molecule has 0 bridgehead atoms. The number of H-pyrrole nitrogens is 1. The molecule has 10 heteroatoms. The average molecular weight is 429 g/mol. The van der Waals surface area contributed by atoms with Crippen molar-refractivity contribution in [1.29, 1.82) is 0 Å². The van der Waals surface area contributed by atoms with Crippen LogP contribution in [-0.4, -0.2) is 29.2 Å². The summed E-state index contributed by atoms with van der Waals surface area (Å²) in [5.41, 5.74) is -0.751. The Labute approximate surface area is 167 Å². The first kappa shape index (κ1) is 20.5. The number of halogens is 6. The highest BCUT2D eigenvalue weighted by molar-refractivity contribution is 5.80. The fourth-order valence-electron chi connectivity index (χ4n) is 3.66. The predicted octanol–water partition coefficient (Wildman–Crippen LogP) is 5.13. The minimum absolute atomic E-state index is 0.00158. The molecule has 0 radical (unpaired) electrons. The van der Waals surface area contributed by atoms with E-state index in [1.807, 2.05) is 0 Å². The Kier molecular flexibility index (Phi) is 5.13. The zero-order valence-electron chi connectivity index (χ0n) is 15.4. The maximum atomic E-state index is 13.3. The molecule has 2 atom stereocenters. The number of nitrogens with one attached hydrogen (secondary N) is 2. The highest BCUT2D eigenvalue weighted by Gasteiger charge is 2.35.